The van der Waals surface area contributed by atoms with Crippen molar-refractivity contribution in [3.8, 4) is 0 Å². The van der Waals surface area contributed by atoms with Gasteiger partial charge in [0.2, 0.25) is 0 Å². The minimum absolute atomic E-state index is 0.0533. The quantitative estimate of drug-likeness (QED) is 0.462. The van der Waals surface area contributed by atoms with Crippen LogP contribution in [0.1, 0.15) is 12.8 Å². The largest absolute Gasteiger partial charge is 0.481 e. The molecule has 1 aliphatic rings. The average Bonchev–Trinajstić information content (AvgIpc) is 1.99. The van der Waals surface area contributed by atoms with E-state index in [2.05, 4.69) is 0 Å². The van der Waals surface area contributed by atoms with Crippen molar-refractivity contribution in [3.63, 3.8) is 0 Å². The van der Waals surface area contributed by atoms with Crippen LogP contribution < -0.4 is 0 Å². The molecule has 0 aromatic rings. The molecule has 0 heterocycles. The highest BCUT2D eigenvalue weighted by molar-refractivity contribution is 5.88. The second-order valence-corrected chi connectivity index (χ2v) is 2.95. The molecule has 3 atom stereocenters. The lowest BCUT2D eigenvalue weighted by Gasteiger charge is -2.26. The molecule has 5 heteroatoms. The van der Waals surface area contributed by atoms with Gasteiger partial charge < -0.3 is 15.3 Å². The van der Waals surface area contributed by atoms with Gasteiger partial charge in [-0.15, -0.1) is 0 Å². The van der Waals surface area contributed by atoms with Crippen molar-refractivity contribution >= 4 is 11.8 Å². The molecule has 0 radical (unpaired) electrons. The number of aliphatic hydroxyl groups is 2. The highest BCUT2D eigenvalue weighted by Gasteiger charge is 2.37. The number of aliphatic hydroxyl groups excluding tert-OH is 2. The monoisotopic (exact) mass is 174 g/mol. The SMILES string of the molecule is O=C(O)[C@@H]1CC(=O)[C@H](O)[C@H](O)C1. The molecule has 0 aliphatic heterocycles. The molecule has 1 aliphatic carbocycles. The molecule has 0 aromatic heterocycles. The lowest BCUT2D eigenvalue weighted by Crippen LogP contribution is -2.43. The molecule has 1 rings (SSSR count). The van der Waals surface area contributed by atoms with Crippen LogP contribution in [0, 0.1) is 5.92 Å². The maximum atomic E-state index is 10.8. The van der Waals surface area contributed by atoms with Crippen molar-refractivity contribution in [2.24, 2.45) is 5.92 Å². The van der Waals surface area contributed by atoms with E-state index in [1.54, 1.807) is 0 Å². The maximum absolute atomic E-state index is 10.8. The van der Waals surface area contributed by atoms with Gasteiger partial charge in [-0.25, -0.2) is 0 Å². The second-order valence-electron chi connectivity index (χ2n) is 2.95. The van der Waals surface area contributed by atoms with Crippen LogP contribution in [0.3, 0.4) is 0 Å². The molecule has 0 amide bonds. The highest BCUT2D eigenvalue weighted by Crippen LogP contribution is 2.22. The van der Waals surface area contributed by atoms with Gasteiger partial charge in [-0.3, -0.25) is 9.59 Å². The second kappa shape index (κ2) is 3.20. The van der Waals surface area contributed by atoms with Crippen molar-refractivity contribution in [3.05, 3.63) is 0 Å². The number of hydrogen-bond acceptors (Lipinski definition) is 4. The van der Waals surface area contributed by atoms with Gasteiger partial charge in [0, 0.05) is 6.42 Å². The summed E-state index contributed by atoms with van der Waals surface area (Å²) in [5.74, 6) is -2.55. The van der Waals surface area contributed by atoms with E-state index in [1.807, 2.05) is 0 Å². The number of hydrogen-bond donors (Lipinski definition) is 3. The zero-order valence-corrected chi connectivity index (χ0v) is 6.30. The van der Waals surface area contributed by atoms with Gasteiger partial charge in [0.15, 0.2) is 5.78 Å². The van der Waals surface area contributed by atoms with E-state index in [0.29, 0.717) is 0 Å². The normalized spacial score (nSPS) is 36.5. The summed E-state index contributed by atoms with van der Waals surface area (Å²) in [6, 6.07) is 0. The molecule has 0 aromatic carbocycles. The first-order valence-electron chi connectivity index (χ1n) is 3.64. The molecule has 3 N–H and O–H groups in total. The number of aliphatic carboxylic acids is 1. The van der Waals surface area contributed by atoms with Crippen molar-refractivity contribution < 1.29 is 24.9 Å². The number of ketones is 1. The van der Waals surface area contributed by atoms with Crippen molar-refractivity contribution in [2.45, 2.75) is 25.0 Å². The van der Waals surface area contributed by atoms with Gasteiger partial charge in [-0.2, -0.15) is 0 Å². The Kier molecular flexibility index (Phi) is 2.44. The van der Waals surface area contributed by atoms with Crippen LogP contribution >= 0.6 is 0 Å². The van der Waals surface area contributed by atoms with Crippen molar-refractivity contribution in [2.75, 3.05) is 0 Å². The first kappa shape index (κ1) is 9.15. The fourth-order valence-corrected chi connectivity index (χ4v) is 1.27. The van der Waals surface area contributed by atoms with Crippen LogP contribution in [0.2, 0.25) is 0 Å². The van der Waals surface area contributed by atoms with Gasteiger partial charge in [0.25, 0.3) is 0 Å². The van der Waals surface area contributed by atoms with Crippen molar-refractivity contribution in [1.82, 2.24) is 0 Å². The van der Waals surface area contributed by atoms with Gasteiger partial charge in [-0.1, -0.05) is 0 Å². The predicted molar refractivity (Wildman–Crippen MR) is 37.4 cm³/mol. The molecule has 12 heavy (non-hydrogen) atoms. The Hall–Kier alpha value is -0.940. The maximum Gasteiger partial charge on any atom is 0.307 e. The van der Waals surface area contributed by atoms with Gasteiger partial charge >= 0.3 is 5.97 Å². The first-order chi connectivity index (χ1) is 5.52. The predicted octanol–water partition coefficient (Wildman–Crippen LogP) is -1.23. The summed E-state index contributed by atoms with van der Waals surface area (Å²) < 4.78 is 0. The lowest BCUT2D eigenvalue weighted by atomic mass is 9.84. The standard InChI is InChI=1S/C7H10O5/c8-4-1-3(7(11)12)2-5(9)6(4)10/h3-4,6,8,10H,1-2H2,(H,11,12)/t3-,4+,6+/m0/s1. The van der Waals surface area contributed by atoms with Gasteiger partial charge in [-0.05, 0) is 6.42 Å². The van der Waals surface area contributed by atoms with Crippen molar-refractivity contribution in [1.29, 1.82) is 0 Å². The zero-order chi connectivity index (χ0) is 9.30. The van der Waals surface area contributed by atoms with E-state index >= 15 is 0 Å². The minimum atomic E-state index is -1.40. The summed E-state index contributed by atoms with van der Waals surface area (Å²) >= 11 is 0. The summed E-state index contributed by atoms with van der Waals surface area (Å²) in [6.45, 7) is 0. The third-order valence-electron chi connectivity index (χ3n) is 2.02. The Morgan fingerprint density at radius 3 is 2.42 bits per heavy atom. The fourth-order valence-electron chi connectivity index (χ4n) is 1.27. The molecule has 0 spiro atoms. The van der Waals surface area contributed by atoms with Gasteiger partial charge in [0.1, 0.15) is 6.10 Å². The van der Waals surface area contributed by atoms with Crippen LogP contribution in [0.5, 0.6) is 0 Å². The Labute approximate surface area is 68.6 Å². The molecular weight excluding hydrogens is 164 g/mol. The lowest BCUT2D eigenvalue weighted by molar-refractivity contribution is -0.153. The summed E-state index contributed by atoms with van der Waals surface area (Å²) in [7, 11) is 0. The summed E-state index contributed by atoms with van der Waals surface area (Å²) in [6.07, 6.45) is -2.87. The number of carbonyl (C=O) groups is 2. The summed E-state index contributed by atoms with van der Waals surface area (Å²) in [5.41, 5.74) is 0. The summed E-state index contributed by atoms with van der Waals surface area (Å²) in [5, 5.41) is 26.5. The molecule has 1 fully saturated rings. The smallest absolute Gasteiger partial charge is 0.307 e. The molecule has 0 unspecified atom stereocenters. The fraction of sp³-hybridized carbons (Fsp3) is 0.714. The Morgan fingerprint density at radius 2 is 2.00 bits per heavy atom. The number of rotatable bonds is 1. The molecule has 68 valence electrons. The third-order valence-corrected chi connectivity index (χ3v) is 2.02. The van der Waals surface area contributed by atoms with Crippen LogP contribution in [-0.2, 0) is 9.59 Å². The van der Waals surface area contributed by atoms with E-state index < -0.39 is 29.9 Å². The first-order valence-corrected chi connectivity index (χ1v) is 3.64. The minimum Gasteiger partial charge on any atom is -0.481 e. The van der Waals surface area contributed by atoms with Crippen LogP contribution in [0.25, 0.3) is 0 Å². The van der Waals surface area contributed by atoms with E-state index in [-0.39, 0.29) is 12.8 Å². The Morgan fingerprint density at radius 1 is 1.42 bits per heavy atom. The highest BCUT2D eigenvalue weighted by atomic mass is 16.4. The number of Topliss-reactive ketones (excluding diaryl/α,β-unsaturated/α-hetero) is 1. The molecule has 1 saturated carbocycles. The van der Waals surface area contributed by atoms with E-state index in [0.717, 1.165) is 0 Å². The molecule has 0 saturated heterocycles. The third kappa shape index (κ3) is 1.62. The van der Waals surface area contributed by atoms with E-state index in [1.165, 1.54) is 0 Å². The van der Waals surface area contributed by atoms with Crippen LogP contribution in [0.4, 0.5) is 0 Å². The van der Waals surface area contributed by atoms with E-state index in [4.69, 9.17) is 15.3 Å². The van der Waals surface area contributed by atoms with E-state index in [9.17, 15) is 9.59 Å². The van der Waals surface area contributed by atoms with Crippen LogP contribution in [0.15, 0.2) is 0 Å². The topological polar surface area (TPSA) is 94.8 Å². The molecule has 5 nitrogen and oxygen atoms in total. The van der Waals surface area contributed by atoms with Crippen LogP contribution in [-0.4, -0.2) is 39.3 Å². The average molecular weight is 174 g/mol. The Balaban J connectivity index is 2.66. The Bertz CT molecular complexity index is 212. The number of carboxylic acids is 1. The summed E-state index contributed by atoms with van der Waals surface area (Å²) in [4.78, 5) is 21.3. The number of carbonyl (C=O) groups excluding carboxylic acids is 1. The number of carboxylic acid groups (broad SMARTS) is 1. The zero-order valence-electron chi connectivity index (χ0n) is 6.30. The van der Waals surface area contributed by atoms with Gasteiger partial charge in [0.05, 0.1) is 12.0 Å². The molecule has 0 bridgehead atoms. The molecular formula is C7H10O5.